The van der Waals surface area contributed by atoms with E-state index in [0.717, 1.165) is 16.8 Å². The summed E-state index contributed by atoms with van der Waals surface area (Å²) in [6.07, 6.45) is 0. The smallest absolute Gasteiger partial charge is 0.357 e. The molecule has 7 nitrogen and oxygen atoms in total. The van der Waals surface area contributed by atoms with Crippen LogP contribution in [0.4, 0.5) is 5.69 Å². The maximum atomic E-state index is 13.5. The van der Waals surface area contributed by atoms with Gasteiger partial charge in [-0.3, -0.25) is 14.6 Å². The van der Waals surface area contributed by atoms with Gasteiger partial charge in [-0.15, -0.1) is 0 Å². The summed E-state index contributed by atoms with van der Waals surface area (Å²) < 4.78 is 0. The Morgan fingerprint density at radius 1 is 0.889 bits per heavy atom. The second kappa shape index (κ2) is 10.4. The first-order valence-electron chi connectivity index (χ1n) is 12.6. The van der Waals surface area contributed by atoms with E-state index >= 15 is 0 Å². The lowest BCUT2D eigenvalue weighted by Crippen LogP contribution is -2.48. The maximum Gasteiger partial charge on any atom is 0.357 e. The van der Waals surface area contributed by atoms with Crippen LogP contribution in [0.3, 0.4) is 0 Å². The third kappa shape index (κ3) is 6.31. The highest BCUT2D eigenvalue weighted by Crippen LogP contribution is 2.40. The zero-order chi connectivity index (χ0) is 26.8. The van der Waals surface area contributed by atoms with Crippen molar-refractivity contribution in [2.75, 3.05) is 31.1 Å². The molecule has 7 heteroatoms. The monoisotopic (exact) mass is 496 g/mol. The minimum atomic E-state index is -0.425. The molecule has 0 bridgehead atoms. The van der Waals surface area contributed by atoms with E-state index in [1.165, 1.54) is 0 Å². The topological polar surface area (TPSA) is 79.3 Å². The van der Waals surface area contributed by atoms with Crippen molar-refractivity contribution in [3.05, 3.63) is 53.1 Å². The number of phenols is 1. The van der Waals surface area contributed by atoms with Gasteiger partial charge in [-0.05, 0) is 35.1 Å². The van der Waals surface area contributed by atoms with Crippen LogP contribution in [0.15, 0.2) is 36.4 Å². The molecule has 1 fully saturated rings. The van der Waals surface area contributed by atoms with Gasteiger partial charge in [0, 0.05) is 54.6 Å². The van der Waals surface area contributed by atoms with E-state index in [0.29, 0.717) is 37.5 Å². The lowest BCUT2D eigenvalue weighted by atomic mass is 9.78. The van der Waals surface area contributed by atoms with E-state index in [2.05, 4.69) is 4.90 Å². The van der Waals surface area contributed by atoms with E-state index in [-0.39, 0.29) is 28.4 Å². The Hall–Kier alpha value is -3.22. The van der Waals surface area contributed by atoms with Crippen molar-refractivity contribution >= 4 is 17.6 Å². The molecule has 0 spiro atoms. The quantitative estimate of drug-likeness (QED) is 0.438. The molecular formula is C29H40N2O5. The van der Waals surface area contributed by atoms with Crippen molar-refractivity contribution in [1.82, 2.24) is 4.90 Å². The van der Waals surface area contributed by atoms with Crippen LogP contribution in [0, 0.1) is 5.92 Å². The largest absolute Gasteiger partial charge is 0.507 e. The van der Waals surface area contributed by atoms with E-state index in [1.807, 2.05) is 76.8 Å². The van der Waals surface area contributed by atoms with Crippen LogP contribution in [0.1, 0.15) is 76.9 Å². The lowest BCUT2D eigenvalue weighted by Gasteiger charge is -2.36. The van der Waals surface area contributed by atoms with E-state index in [9.17, 15) is 14.7 Å². The fourth-order valence-corrected chi connectivity index (χ4v) is 4.17. The molecule has 2 aromatic rings. The zero-order valence-electron chi connectivity index (χ0n) is 22.8. The number of hydrogen-bond donors (Lipinski definition) is 1. The summed E-state index contributed by atoms with van der Waals surface area (Å²) in [5, 5.41) is 11.0. The van der Waals surface area contributed by atoms with E-state index in [1.54, 1.807) is 19.9 Å². The minimum absolute atomic E-state index is 0.0247. The van der Waals surface area contributed by atoms with Gasteiger partial charge in [0.25, 0.3) is 5.91 Å². The molecule has 1 saturated heterocycles. The maximum absolute atomic E-state index is 13.5. The van der Waals surface area contributed by atoms with Crippen LogP contribution < -0.4 is 9.79 Å². The standard InChI is InChI=1S/C29H40N2O5/c1-19(2)27(34)36-35-22-11-9-10-21(18-22)30-12-14-31(15-13-30)26(33)20-16-23(28(3,4)5)25(32)24(17-20)29(6,7)8/h9-11,16-19,32H,12-15H2,1-8H3. The van der Waals surface area contributed by atoms with Gasteiger partial charge < -0.3 is 14.9 Å². The zero-order valence-corrected chi connectivity index (χ0v) is 22.8. The van der Waals surface area contributed by atoms with Gasteiger partial charge >= 0.3 is 5.97 Å². The number of aromatic hydroxyl groups is 1. The van der Waals surface area contributed by atoms with Gasteiger partial charge in [0.05, 0.1) is 5.92 Å². The molecule has 3 rings (SSSR count). The first-order chi connectivity index (χ1) is 16.7. The molecule has 1 amide bonds. The van der Waals surface area contributed by atoms with Crippen LogP contribution in [0.5, 0.6) is 11.5 Å². The molecule has 1 heterocycles. The number of carbonyl (C=O) groups excluding carboxylic acids is 2. The molecule has 1 N–H and O–H groups in total. The van der Waals surface area contributed by atoms with Crippen LogP contribution in [-0.2, 0) is 20.5 Å². The number of piperazine rings is 1. The third-order valence-corrected chi connectivity index (χ3v) is 6.41. The Labute approximate surface area is 214 Å². The van der Waals surface area contributed by atoms with Gasteiger partial charge in [0.1, 0.15) is 5.75 Å². The summed E-state index contributed by atoms with van der Waals surface area (Å²) in [7, 11) is 0. The van der Waals surface area contributed by atoms with Gasteiger partial charge in [-0.1, -0.05) is 61.5 Å². The summed E-state index contributed by atoms with van der Waals surface area (Å²) in [4.78, 5) is 39.3. The summed E-state index contributed by atoms with van der Waals surface area (Å²) in [5.74, 6) is 0.00623. The van der Waals surface area contributed by atoms with Crippen molar-refractivity contribution in [2.24, 2.45) is 5.92 Å². The summed E-state index contributed by atoms with van der Waals surface area (Å²) >= 11 is 0. The highest BCUT2D eigenvalue weighted by Gasteiger charge is 2.30. The molecule has 0 radical (unpaired) electrons. The highest BCUT2D eigenvalue weighted by molar-refractivity contribution is 5.95. The fourth-order valence-electron chi connectivity index (χ4n) is 4.17. The normalized spacial score (nSPS) is 14.7. The molecule has 0 aliphatic carbocycles. The number of hydrogen-bond acceptors (Lipinski definition) is 6. The molecule has 0 atom stereocenters. The first kappa shape index (κ1) is 27.4. The molecule has 0 unspecified atom stereocenters. The molecule has 2 aromatic carbocycles. The SMILES string of the molecule is CC(C)C(=O)OOc1cccc(N2CCN(C(=O)c3cc(C(C)(C)C)c(O)c(C(C)(C)C)c3)CC2)c1. The van der Waals surface area contributed by atoms with Crippen LogP contribution in [0.25, 0.3) is 0 Å². The van der Waals surface area contributed by atoms with Gasteiger partial charge in [0.2, 0.25) is 0 Å². The second-order valence-corrected chi connectivity index (χ2v) is 11.8. The van der Waals surface area contributed by atoms with Crippen molar-refractivity contribution in [2.45, 2.75) is 66.2 Å². The average Bonchev–Trinajstić information content (AvgIpc) is 2.81. The average molecular weight is 497 g/mol. The van der Waals surface area contributed by atoms with Crippen molar-refractivity contribution < 1.29 is 24.5 Å². The molecule has 0 aromatic heterocycles. The molecule has 196 valence electrons. The second-order valence-electron chi connectivity index (χ2n) is 11.8. The van der Waals surface area contributed by atoms with Gasteiger partial charge in [-0.25, -0.2) is 4.79 Å². The Morgan fingerprint density at radius 3 is 1.94 bits per heavy atom. The summed E-state index contributed by atoms with van der Waals surface area (Å²) in [6, 6.07) is 11.1. The number of nitrogens with zero attached hydrogens (tertiary/aromatic N) is 2. The number of rotatable bonds is 5. The Balaban J connectivity index is 1.73. The van der Waals surface area contributed by atoms with Crippen LogP contribution in [0.2, 0.25) is 0 Å². The van der Waals surface area contributed by atoms with Crippen LogP contribution in [-0.4, -0.2) is 48.1 Å². The van der Waals surface area contributed by atoms with E-state index in [4.69, 9.17) is 9.78 Å². The highest BCUT2D eigenvalue weighted by atomic mass is 17.2. The molecule has 0 saturated carbocycles. The number of anilines is 1. The third-order valence-electron chi connectivity index (χ3n) is 6.41. The van der Waals surface area contributed by atoms with Crippen molar-refractivity contribution in [3.8, 4) is 11.5 Å². The Bertz CT molecular complexity index is 1070. The number of carbonyl (C=O) groups is 2. The number of phenolic OH excluding ortho intramolecular Hbond substituents is 1. The van der Waals surface area contributed by atoms with Crippen molar-refractivity contribution in [1.29, 1.82) is 0 Å². The fraction of sp³-hybridized carbons (Fsp3) is 0.517. The van der Waals surface area contributed by atoms with Crippen molar-refractivity contribution in [3.63, 3.8) is 0 Å². The molecular weight excluding hydrogens is 456 g/mol. The predicted molar refractivity (Wildman–Crippen MR) is 142 cm³/mol. The number of amides is 1. The van der Waals surface area contributed by atoms with Gasteiger partial charge in [-0.2, -0.15) is 0 Å². The molecule has 1 aliphatic heterocycles. The molecule has 36 heavy (non-hydrogen) atoms. The summed E-state index contributed by atoms with van der Waals surface area (Å²) in [6.45, 7) is 18.2. The van der Waals surface area contributed by atoms with Gasteiger partial charge in [0.15, 0.2) is 5.75 Å². The lowest BCUT2D eigenvalue weighted by molar-refractivity contribution is -0.217. The summed E-state index contributed by atoms with van der Waals surface area (Å²) in [5.41, 5.74) is 2.53. The number of benzene rings is 2. The minimum Gasteiger partial charge on any atom is -0.507 e. The first-order valence-corrected chi connectivity index (χ1v) is 12.6. The van der Waals surface area contributed by atoms with Crippen LogP contribution >= 0.6 is 0 Å². The molecule has 1 aliphatic rings. The Kier molecular flexibility index (Phi) is 7.91. The predicted octanol–water partition coefficient (Wildman–Crippen LogP) is 5.44. The van der Waals surface area contributed by atoms with E-state index < -0.39 is 5.97 Å². The Morgan fingerprint density at radius 2 is 1.44 bits per heavy atom.